The van der Waals surface area contributed by atoms with Crippen LogP contribution in [-0.4, -0.2) is 5.11 Å². The topological polar surface area (TPSA) is 20.2 Å². The molecule has 1 aromatic carbocycles. The van der Waals surface area contributed by atoms with Gasteiger partial charge in [-0.3, -0.25) is 0 Å². The van der Waals surface area contributed by atoms with Crippen molar-refractivity contribution in [3.05, 3.63) is 35.4 Å². The lowest BCUT2D eigenvalue weighted by Gasteiger charge is -2.04. The molecule has 0 bridgehead atoms. The molecule has 0 spiro atoms. The van der Waals surface area contributed by atoms with Crippen molar-refractivity contribution in [1.29, 1.82) is 0 Å². The van der Waals surface area contributed by atoms with Crippen molar-refractivity contribution < 1.29 is 5.11 Å². The van der Waals surface area contributed by atoms with E-state index in [-0.39, 0.29) is 6.61 Å². The predicted molar refractivity (Wildman–Crippen MR) is 55.5 cm³/mol. The fourth-order valence-corrected chi connectivity index (χ4v) is 1.27. The summed E-state index contributed by atoms with van der Waals surface area (Å²) in [6.45, 7) is 4.62. The van der Waals surface area contributed by atoms with Crippen LogP contribution in [0.25, 0.3) is 0 Å². The standard InChI is InChI=1S/C12H18O/c1-10(2)3-4-11-5-7-12(9-13)8-6-11/h5-8,10,13H,3-4,9H2,1-2H3. The second-order valence-electron chi connectivity index (χ2n) is 3.91. The lowest BCUT2D eigenvalue weighted by atomic mass is 10.0. The third-order valence-corrected chi connectivity index (χ3v) is 2.22. The molecule has 0 aliphatic carbocycles. The quantitative estimate of drug-likeness (QED) is 0.751. The highest BCUT2D eigenvalue weighted by Gasteiger charge is 1.96. The fraction of sp³-hybridized carbons (Fsp3) is 0.500. The molecular weight excluding hydrogens is 160 g/mol. The third-order valence-electron chi connectivity index (χ3n) is 2.22. The van der Waals surface area contributed by atoms with E-state index < -0.39 is 0 Å². The van der Waals surface area contributed by atoms with Crippen LogP contribution in [0.5, 0.6) is 0 Å². The van der Waals surface area contributed by atoms with Crippen LogP contribution in [0.3, 0.4) is 0 Å². The Kier molecular flexibility index (Phi) is 3.97. The van der Waals surface area contributed by atoms with E-state index in [0.717, 1.165) is 17.9 Å². The second kappa shape index (κ2) is 5.03. The first-order valence-corrected chi connectivity index (χ1v) is 4.91. The maximum Gasteiger partial charge on any atom is 0.0681 e. The minimum atomic E-state index is 0.143. The predicted octanol–water partition coefficient (Wildman–Crippen LogP) is 2.77. The Bertz CT molecular complexity index is 236. The summed E-state index contributed by atoms with van der Waals surface area (Å²) in [7, 11) is 0. The van der Waals surface area contributed by atoms with Gasteiger partial charge in [0.05, 0.1) is 6.61 Å². The number of aryl methyl sites for hydroxylation is 1. The van der Waals surface area contributed by atoms with Crippen LogP contribution >= 0.6 is 0 Å². The van der Waals surface area contributed by atoms with Gasteiger partial charge in [0.1, 0.15) is 0 Å². The second-order valence-corrected chi connectivity index (χ2v) is 3.91. The highest BCUT2D eigenvalue weighted by atomic mass is 16.3. The van der Waals surface area contributed by atoms with E-state index in [0.29, 0.717) is 0 Å². The molecule has 0 amide bonds. The largest absolute Gasteiger partial charge is 0.392 e. The molecule has 13 heavy (non-hydrogen) atoms. The molecule has 0 aliphatic rings. The summed E-state index contributed by atoms with van der Waals surface area (Å²) in [4.78, 5) is 0. The van der Waals surface area contributed by atoms with Crippen LogP contribution in [0.4, 0.5) is 0 Å². The van der Waals surface area contributed by atoms with Crippen LogP contribution in [0.15, 0.2) is 24.3 Å². The van der Waals surface area contributed by atoms with Crippen molar-refractivity contribution in [3.8, 4) is 0 Å². The first kappa shape index (κ1) is 10.3. The number of aliphatic hydroxyl groups is 1. The third kappa shape index (κ3) is 3.60. The van der Waals surface area contributed by atoms with Gasteiger partial charge in [-0.25, -0.2) is 0 Å². The summed E-state index contributed by atoms with van der Waals surface area (Å²) in [5, 5.41) is 8.85. The van der Waals surface area contributed by atoms with Crippen molar-refractivity contribution in [3.63, 3.8) is 0 Å². The molecule has 0 atom stereocenters. The summed E-state index contributed by atoms with van der Waals surface area (Å²) in [6, 6.07) is 8.20. The van der Waals surface area contributed by atoms with Crippen LogP contribution in [0.1, 0.15) is 31.4 Å². The van der Waals surface area contributed by atoms with Crippen LogP contribution in [0, 0.1) is 5.92 Å². The average Bonchev–Trinajstić information content (AvgIpc) is 2.15. The van der Waals surface area contributed by atoms with Crippen molar-refractivity contribution in [1.82, 2.24) is 0 Å². The first-order chi connectivity index (χ1) is 6.22. The number of rotatable bonds is 4. The van der Waals surface area contributed by atoms with Gasteiger partial charge in [-0.1, -0.05) is 38.1 Å². The van der Waals surface area contributed by atoms with Crippen LogP contribution in [-0.2, 0) is 13.0 Å². The minimum Gasteiger partial charge on any atom is -0.392 e. The molecule has 0 unspecified atom stereocenters. The fourth-order valence-electron chi connectivity index (χ4n) is 1.27. The Hall–Kier alpha value is -0.820. The van der Waals surface area contributed by atoms with Gasteiger partial charge in [0, 0.05) is 0 Å². The van der Waals surface area contributed by atoms with E-state index in [2.05, 4.69) is 26.0 Å². The number of hydrogen-bond acceptors (Lipinski definition) is 1. The maximum absolute atomic E-state index is 8.85. The van der Waals surface area contributed by atoms with Crippen molar-refractivity contribution >= 4 is 0 Å². The molecule has 1 rings (SSSR count). The number of hydrogen-bond donors (Lipinski definition) is 1. The van der Waals surface area contributed by atoms with Gasteiger partial charge in [0.15, 0.2) is 0 Å². The molecule has 72 valence electrons. The molecular formula is C12H18O. The zero-order chi connectivity index (χ0) is 9.68. The molecule has 0 aliphatic heterocycles. The Morgan fingerprint density at radius 2 is 1.62 bits per heavy atom. The van der Waals surface area contributed by atoms with E-state index in [9.17, 15) is 0 Å². The van der Waals surface area contributed by atoms with Gasteiger partial charge in [0.25, 0.3) is 0 Å². The summed E-state index contributed by atoms with van der Waals surface area (Å²) in [6.07, 6.45) is 2.38. The highest BCUT2D eigenvalue weighted by molar-refractivity contribution is 5.21. The van der Waals surface area contributed by atoms with Crippen molar-refractivity contribution in [2.75, 3.05) is 0 Å². The molecule has 1 heteroatoms. The summed E-state index contributed by atoms with van der Waals surface area (Å²) in [5.74, 6) is 0.762. The van der Waals surface area contributed by atoms with Gasteiger partial charge < -0.3 is 5.11 Å². The molecule has 1 aromatic rings. The molecule has 0 radical (unpaired) electrons. The zero-order valence-corrected chi connectivity index (χ0v) is 8.46. The van der Waals surface area contributed by atoms with Gasteiger partial charge in [-0.15, -0.1) is 0 Å². The molecule has 0 saturated carbocycles. The van der Waals surface area contributed by atoms with Crippen molar-refractivity contribution in [2.24, 2.45) is 5.92 Å². The van der Waals surface area contributed by atoms with Gasteiger partial charge in [-0.05, 0) is 29.9 Å². The Labute approximate surface area is 80.4 Å². The highest BCUT2D eigenvalue weighted by Crippen LogP contribution is 2.10. The Morgan fingerprint density at radius 1 is 1.08 bits per heavy atom. The van der Waals surface area contributed by atoms with E-state index in [4.69, 9.17) is 5.11 Å². The number of aliphatic hydroxyl groups excluding tert-OH is 1. The molecule has 0 heterocycles. The molecule has 0 aromatic heterocycles. The Morgan fingerprint density at radius 3 is 2.08 bits per heavy atom. The van der Waals surface area contributed by atoms with Crippen LogP contribution in [0.2, 0.25) is 0 Å². The van der Waals surface area contributed by atoms with E-state index in [1.165, 1.54) is 12.0 Å². The lowest BCUT2D eigenvalue weighted by Crippen LogP contribution is -1.92. The van der Waals surface area contributed by atoms with Crippen LogP contribution < -0.4 is 0 Å². The van der Waals surface area contributed by atoms with E-state index >= 15 is 0 Å². The molecule has 0 fully saturated rings. The lowest BCUT2D eigenvalue weighted by molar-refractivity contribution is 0.282. The SMILES string of the molecule is CC(C)CCc1ccc(CO)cc1. The van der Waals surface area contributed by atoms with Gasteiger partial charge >= 0.3 is 0 Å². The molecule has 1 N–H and O–H groups in total. The average molecular weight is 178 g/mol. The number of benzene rings is 1. The monoisotopic (exact) mass is 178 g/mol. The van der Waals surface area contributed by atoms with E-state index in [1.54, 1.807) is 0 Å². The molecule has 0 saturated heterocycles. The Balaban J connectivity index is 2.49. The minimum absolute atomic E-state index is 0.143. The van der Waals surface area contributed by atoms with E-state index in [1.807, 2.05) is 12.1 Å². The van der Waals surface area contributed by atoms with Gasteiger partial charge in [-0.2, -0.15) is 0 Å². The van der Waals surface area contributed by atoms with Gasteiger partial charge in [0.2, 0.25) is 0 Å². The summed E-state index contributed by atoms with van der Waals surface area (Å²) < 4.78 is 0. The smallest absolute Gasteiger partial charge is 0.0681 e. The first-order valence-electron chi connectivity index (χ1n) is 4.91. The van der Waals surface area contributed by atoms with Crippen molar-refractivity contribution in [2.45, 2.75) is 33.3 Å². The summed E-state index contributed by atoms with van der Waals surface area (Å²) >= 11 is 0. The zero-order valence-electron chi connectivity index (χ0n) is 8.46. The maximum atomic E-state index is 8.85. The molecule has 1 nitrogen and oxygen atoms in total. The summed E-state index contributed by atoms with van der Waals surface area (Å²) in [5.41, 5.74) is 2.36. The normalized spacial score (nSPS) is 10.8.